The summed E-state index contributed by atoms with van der Waals surface area (Å²) in [4.78, 5) is 32.6. The van der Waals surface area contributed by atoms with E-state index < -0.39 is 0 Å². The van der Waals surface area contributed by atoms with Gasteiger partial charge in [0.15, 0.2) is 0 Å². The van der Waals surface area contributed by atoms with Crippen LogP contribution in [-0.4, -0.2) is 51.5 Å². The molecular weight excluding hydrogens is 332 g/mol. The second kappa shape index (κ2) is 6.62. The average Bonchev–Trinajstić information content (AvgIpc) is 3.22. The number of aromatic amines is 1. The van der Waals surface area contributed by atoms with E-state index in [1.165, 1.54) is 11.3 Å². The van der Waals surface area contributed by atoms with E-state index in [1.807, 2.05) is 12.1 Å². The van der Waals surface area contributed by atoms with Crippen molar-refractivity contribution in [2.75, 3.05) is 29.9 Å². The first kappa shape index (κ1) is 16.3. The number of rotatable bonds is 4. The Bertz CT molecular complexity index is 833. The monoisotopic (exact) mass is 352 g/mol. The van der Waals surface area contributed by atoms with E-state index in [0.29, 0.717) is 17.2 Å². The number of piperidine rings is 1. The normalized spacial score (nSPS) is 16.8. The lowest BCUT2D eigenvalue weighted by Gasteiger charge is -2.24. The van der Waals surface area contributed by atoms with Crippen LogP contribution in [0.15, 0.2) is 30.8 Å². The summed E-state index contributed by atoms with van der Waals surface area (Å²) in [5, 5.41) is 9.57. The number of nitrogens with zero attached hydrogens (tertiary/aromatic N) is 4. The Kier molecular flexibility index (Phi) is 4.16. The van der Waals surface area contributed by atoms with Gasteiger partial charge in [0.2, 0.25) is 17.8 Å². The molecule has 4 rings (SSSR count). The second-order valence-electron chi connectivity index (χ2n) is 6.46. The smallest absolute Gasteiger partial charge is 0.259 e. The molecule has 2 aliphatic rings. The third kappa shape index (κ3) is 2.94. The Morgan fingerprint density at radius 3 is 2.65 bits per heavy atom. The Labute approximate surface area is 150 Å². The minimum atomic E-state index is -0.353. The number of carbonyl (C=O) groups excluding carboxylic acids is 2. The lowest BCUT2D eigenvalue weighted by Crippen LogP contribution is -2.33. The Hall–Kier alpha value is -3.16. The van der Waals surface area contributed by atoms with Crippen molar-refractivity contribution in [2.24, 2.45) is 0 Å². The molecule has 0 radical (unpaired) electrons. The maximum atomic E-state index is 12.4. The molecule has 8 nitrogen and oxygen atoms in total. The minimum absolute atomic E-state index is 0.119. The molecule has 1 saturated heterocycles. The number of benzene rings is 1. The van der Waals surface area contributed by atoms with Crippen LogP contribution in [0.4, 0.5) is 11.9 Å². The van der Waals surface area contributed by atoms with Gasteiger partial charge in [-0.1, -0.05) is 24.8 Å². The van der Waals surface area contributed by atoms with Gasteiger partial charge in [-0.05, 0) is 25.3 Å². The van der Waals surface area contributed by atoms with Crippen molar-refractivity contribution in [1.82, 2.24) is 20.1 Å². The van der Waals surface area contributed by atoms with Gasteiger partial charge in [0, 0.05) is 29.9 Å². The van der Waals surface area contributed by atoms with Crippen LogP contribution < -0.4 is 10.2 Å². The molecule has 8 heteroatoms. The highest BCUT2D eigenvalue weighted by Gasteiger charge is 2.32. The molecule has 2 amide bonds. The largest absolute Gasteiger partial charge is 0.340 e. The molecule has 0 unspecified atom stereocenters. The van der Waals surface area contributed by atoms with Gasteiger partial charge < -0.3 is 4.90 Å². The Morgan fingerprint density at radius 1 is 1.19 bits per heavy atom. The molecule has 2 N–H and O–H groups in total. The van der Waals surface area contributed by atoms with Gasteiger partial charge >= 0.3 is 0 Å². The topological polar surface area (TPSA) is 94.2 Å². The second-order valence-corrected chi connectivity index (χ2v) is 6.46. The highest BCUT2D eigenvalue weighted by Crippen LogP contribution is 2.30. The molecule has 26 heavy (non-hydrogen) atoms. The van der Waals surface area contributed by atoms with Crippen molar-refractivity contribution in [2.45, 2.75) is 19.3 Å². The number of amides is 2. The fraction of sp³-hybridized carbons (Fsp3) is 0.333. The average molecular weight is 352 g/mol. The van der Waals surface area contributed by atoms with Crippen molar-refractivity contribution < 1.29 is 9.59 Å². The molecule has 0 bridgehead atoms. The fourth-order valence-electron chi connectivity index (χ4n) is 3.36. The molecule has 2 aliphatic heterocycles. The zero-order valence-corrected chi connectivity index (χ0v) is 14.4. The van der Waals surface area contributed by atoms with Crippen molar-refractivity contribution in [1.29, 1.82) is 0 Å². The molecule has 0 spiro atoms. The zero-order valence-electron chi connectivity index (χ0n) is 14.4. The minimum Gasteiger partial charge on any atom is -0.340 e. The van der Waals surface area contributed by atoms with Crippen LogP contribution in [0.5, 0.6) is 0 Å². The molecule has 1 aromatic heterocycles. The number of hydrogen-bond donors (Lipinski definition) is 2. The summed E-state index contributed by atoms with van der Waals surface area (Å²) in [5.74, 6) is 0.306. The van der Waals surface area contributed by atoms with E-state index >= 15 is 0 Å². The highest BCUT2D eigenvalue weighted by molar-refractivity contribution is 6.11. The van der Waals surface area contributed by atoms with Crippen LogP contribution in [0.25, 0.3) is 5.70 Å². The molecule has 0 aliphatic carbocycles. The van der Waals surface area contributed by atoms with Crippen molar-refractivity contribution in [3.8, 4) is 0 Å². The summed E-state index contributed by atoms with van der Waals surface area (Å²) in [6, 6.07) is 7.21. The summed E-state index contributed by atoms with van der Waals surface area (Å²) in [5.41, 5.74) is 1.86. The summed E-state index contributed by atoms with van der Waals surface area (Å²) in [6.07, 6.45) is 3.46. The van der Waals surface area contributed by atoms with Crippen LogP contribution in [-0.2, 0) is 4.79 Å². The Morgan fingerprint density at radius 2 is 1.92 bits per heavy atom. The first-order valence-corrected chi connectivity index (χ1v) is 8.71. The zero-order chi connectivity index (χ0) is 18.1. The van der Waals surface area contributed by atoms with Gasteiger partial charge in [-0.15, -0.1) is 5.10 Å². The molecule has 3 heterocycles. The van der Waals surface area contributed by atoms with E-state index in [9.17, 15) is 9.59 Å². The summed E-state index contributed by atoms with van der Waals surface area (Å²) < 4.78 is 0. The van der Waals surface area contributed by atoms with Gasteiger partial charge in [0.05, 0.1) is 0 Å². The van der Waals surface area contributed by atoms with Crippen LogP contribution >= 0.6 is 0 Å². The summed E-state index contributed by atoms with van der Waals surface area (Å²) in [6.45, 7) is 5.66. The van der Waals surface area contributed by atoms with E-state index in [2.05, 4.69) is 32.0 Å². The van der Waals surface area contributed by atoms with Crippen LogP contribution in [0.3, 0.4) is 0 Å². The first-order chi connectivity index (χ1) is 12.6. The van der Waals surface area contributed by atoms with E-state index in [0.717, 1.165) is 31.5 Å². The summed E-state index contributed by atoms with van der Waals surface area (Å²) in [7, 11) is 0. The number of H-pyrrole nitrogens is 1. The van der Waals surface area contributed by atoms with Gasteiger partial charge in [0.25, 0.3) is 5.91 Å². The fourth-order valence-corrected chi connectivity index (χ4v) is 3.36. The predicted octanol–water partition coefficient (Wildman–Crippen LogP) is 1.86. The van der Waals surface area contributed by atoms with Crippen molar-refractivity contribution >= 4 is 29.4 Å². The van der Waals surface area contributed by atoms with Crippen LogP contribution in [0.2, 0.25) is 0 Å². The molecule has 0 atom stereocenters. The Balaban J connectivity index is 1.40. The third-order valence-corrected chi connectivity index (χ3v) is 4.71. The van der Waals surface area contributed by atoms with E-state index in [-0.39, 0.29) is 24.3 Å². The lowest BCUT2D eigenvalue weighted by molar-refractivity contribution is -0.116. The van der Waals surface area contributed by atoms with Gasteiger partial charge in [0.1, 0.15) is 6.54 Å². The molecule has 1 fully saturated rings. The SMILES string of the molecule is C=C1c2ccccc2C(=O)N1CC(=O)Nc1nc(N2CCCCC2)n[nH]1. The molecule has 1 aromatic carbocycles. The molecule has 0 saturated carbocycles. The number of fused-ring (bicyclic) bond motifs is 1. The quantitative estimate of drug-likeness (QED) is 0.876. The number of hydrogen-bond acceptors (Lipinski definition) is 5. The number of carbonyl (C=O) groups is 2. The van der Waals surface area contributed by atoms with Gasteiger partial charge in [-0.3, -0.25) is 19.8 Å². The summed E-state index contributed by atoms with van der Waals surface area (Å²) >= 11 is 0. The van der Waals surface area contributed by atoms with Gasteiger partial charge in [-0.25, -0.2) is 5.10 Å². The number of anilines is 2. The van der Waals surface area contributed by atoms with E-state index in [4.69, 9.17) is 0 Å². The maximum absolute atomic E-state index is 12.4. The van der Waals surface area contributed by atoms with Crippen LogP contribution in [0.1, 0.15) is 35.2 Å². The van der Waals surface area contributed by atoms with Crippen molar-refractivity contribution in [3.63, 3.8) is 0 Å². The lowest BCUT2D eigenvalue weighted by atomic mass is 10.1. The van der Waals surface area contributed by atoms with E-state index in [1.54, 1.807) is 12.1 Å². The highest BCUT2D eigenvalue weighted by atomic mass is 16.2. The molecule has 2 aromatic rings. The van der Waals surface area contributed by atoms with Crippen LogP contribution in [0, 0.1) is 0 Å². The predicted molar refractivity (Wildman–Crippen MR) is 97.6 cm³/mol. The molecular formula is C18H20N6O2. The number of nitrogens with one attached hydrogen (secondary N) is 2. The third-order valence-electron chi connectivity index (χ3n) is 4.71. The molecule has 134 valence electrons. The number of aromatic nitrogens is 3. The standard InChI is InChI=1S/C18H20N6O2/c1-12-13-7-3-4-8-14(13)16(26)24(12)11-15(25)19-17-20-18(22-21-17)23-9-5-2-6-10-23/h3-4,7-8H,1-2,5-6,9-11H2,(H2,19,20,21,22,25). The first-order valence-electron chi connectivity index (χ1n) is 8.71. The maximum Gasteiger partial charge on any atom is 0.259 e. The van der Waals surface area contributed by atoms with Gasteiger partial charge in [-0.2, -0.15) is 4.98 Å². The van der Waals surface area contributed by atoms with Crippen molar-refractivity contribution in [3.05, 3.63) is 42.0 Å².